The molecule has 1 aliphatic carbocycles. The van der Waals surface area contributed by atoms with Gasteiger partial charge in [-0.15, -0.1) is 0 Å². The van der Waals surface area contributed by atoms with Gasteiger partial charge in [-0.25, -0.2) is 0 Å². The highest BCUT2D eigenvalue weighted by Crippen LogP contribution is 2.39. The Kier molecular flexibility index (Phi) is 3.49. The van der Waals surface area contributed by atoms with Crippen molar-refractivity contribution in [2.75, 3.05) is 12.9 Å². The molecule has 1 N–H and O–H groups in total. The molecule has 0 aromatic heterocycles. The van der Waals surface area contributed by atoms with Crippen LogP contribution in [0.1, 0.15) is 19.3 Å². The molecule has 0 aromatic carbocycles. The second-order valence-electron chi connectivity index (χ2n) is 3.90. The van der Waals surface area contributed by atoms with Gasteiger partial charge >= 0.3 is 0 Å². The van der Waals surface area contributed by atoms with Crippen molar-refractivity contribution in [3.63, 3.8) is 0 Å². The van der Waals surface area contributed by atoms with Gasteiger partial charge < -0.3 is 4.74 Å². The molecule has 0 bridgehead atoms. The van der Waals surface area contributed by atoms with E-state index in [2.05, 4.69) is 10.3 Å². The summed E-state index contributed by atoms with van der Waals surface area (Å²) in [5, 5.41) is 11.9. The Hall–Kier alpha value is -0.730. The molecule has 2 rings (SSSR count). The topological polar surface area (TPSA) is 57.4 Å². The fourth-order valence-electron chi connectivity index (χ4n) is 1.95. The van der Waals surface area contributed by atoms with Crippen molar-refractivity contribution in [1.29, 1.82) is 5.26 Å². The molecule has 5 heteroatoms. The molecule has 2 aliphatic rings. The van der Waals surface area contributed by atoms with E-state index in [0.29, 0.717) is 17.2 Å². The van der Waals surface area contributed by atoms with Gasteiger partial charge in [-0.1, -0.05) is 11.8 Å². The number of nitriles is 1. The first-order chi connectivity index (χ1) is 7.35. The summed E-state index contributed by atoms with van der Waals surface area (Å²) in [4.78, 5) is 4.55. The van der Waals surface area contributed by atoms with Gasteiger partial charge in [0.25, 0.3) is 0 Å². The Balaban J connectivity index is 1.99. The molecule has 0 radical (unpaired) electrons. The first-order valence-electron chi connectivity index (χ1n) is 5.23. The Morgan fingerprint density at radius 1 is 1.53 bits per heavy atom. The van der Waals surface area contributed by atoms with E-state index < -0.39 is 0 Å². The van der Waals surface area contributed by atoms with Crippen LogP contribution in [-0.2, 0) is 4.74 Å². The molecule has 15 heavy (non-hydrogen) atoms. The molecule has 2 unspecified atom stereocenters. The fourth-order valence-corrected chi connectivity index (χ4v) is 2.34. The zero-order chi connectivity index (χ0) is 10.7. The van der Waals surface area contributed by atoms with E-state index in [4.69, 9.17) is 10.00 Å². The van der Waals surface area contributed by atoms with Crippen molar-refractivity contribution in [1.82, 2.24) is 5.32 Å². The monoisotopic (exact) mass is 225 g/mol. The first kappa shape index (κ1) is 10.8. The molecular formula is C10H15N3OS. The van der Waals surface area contributed by atoms with Crippen LogP contribution in [0, 0.1) is 17.4 Å². The van der Waals surface area contributed by atoms with E-state index in [1.807, 2.05) is 12.4 Å². The predicted octanol–water partition coefficient (Wildman–Crippen LogP) is 1.34. The first-order valence-corrected chi connectivity index (χ1v) is 6.46. The zero-order valence-electron chi connectivity index (χ0n) is 8.77. The Bertz CT molecular complexity index is 296. The van der Waals surface area contributed by atoms with Crippen molar-refractivity contribution < 1.29 is 4.74 Å². The average molecular weight is 225 g/mol. The molecule has 1 heterocycles. The Morgan fingerprint density at radius 3 is 2.93 bits per heavy atom. The summed E-state index contributed by atoms with van der Waals surface area (Å²) >= 11 is 1.48. The van der Waals surface area contributed by atoms with Gasteiger partial charge in [0.05, 0.1) is 12.1 Å². The highest BCUT2D eigenvalue weighted by Gasteiger charge is 2.40. The van der Waals surface area contributed by atoms with Crippen LogP contribution >= 0.6 is 11.8 Å². The Morgan fingerprint density at radius 2 is 2.33 bits per heavy atom. The van der Waals surface area contributed by atoms with E-state index in [-0.39, 0.29) is 6.04 Å². The van der Waals surface area contributed by atoms with Crippen LogP contribution in [0.2, 0.25) is 0 Å². The summed E-state index contributed by atoms with van der Waals surface area (Å²) in [5.41, 5.74) is 0. The van der Waals surface area contributed by atoms with Crippen molar-refractivity contribution in [2.45, 2.75) is 31.4 Å². The number of amidine groups is 1. The molecule has 2 fully saturated rings. The van der Waals surface area contributed by atoms with Crippen molar-refractivity contribution in [3.8, 4) is 6.19 Å². The minimum atomic E-state index is 0.251. The smallest absolute Gasteiger partial charge is 0.183 e. The molecule has 82 valence electrons. The van der Waals surface area contributed by atoms with Gasteiger partial charge in [-0.05, 0) is 31.4 Å². The number of hydrogen-bond acceptors (Lipinski definition) is 4. The van der Waals surface area contributed by atoms with E-state index in [0.717, 1.165) is 13.0 Å². The van der Waals surface area contributed by atoms with Crippen LogP contribution in [0.5, 0.6) is 0 Å². The summed E-state index contributed by atoms with van der Waals surface area (Å²) in [5.74, 6) is 0.714. The molecule has 0 aromatic rings. The average Bonchev–Trinajstić information content (AvgIpc) is 2.99. The quantitative estimate of drug-likeness (QED) is 0.333. The SMILES string of the molecule is CSC(=NC1CCOC1C1CC1)NC#N. The van der Waals surface area contributed by atoms with Gasteiger partial charge in [0.1, 0.15) is 0 Å². The lowest BCUT2D eigenvalue weighted by Crippen LogP contribution is -2.25. The third kappa shape index (κ3) is 2.64. The van der Waals surface area contributed by atoms with Crippen LogP contribution in [0.3, 0.4) is 0 Å². The van der Waals surface area contributed by atoms with Crippen molar-refractivity contribution >= 4 is 16.9 Å². The highest BCUT2D eigenvalue weighted by atomic mass is 32.2. The summed E-state index contributed by atoms with van der Waals surface area (Å²) < 4.78 is 5.69. The van der Waals surface area contributed by atoms with Gasteiger partial charge in [0.2, 0.25) is 0 Å². The van der Waals surface area contributed by atoms with Gasteiger partial charge in [-0.2, -0.15) is 5.26 Å². The number of thioether (sulfide) groups is 1. The second-order valence-corrected chi connectivity index (χ2v) is 4.70. The maximum Gasteiger partial charge on any atom is 0.183 e. The molecule has 4 nitrogen and oxygen atoms in total. The molecule has 1 saturated carbocycles. The van der Waals surface area contributed by atoms with Crippen molar-refractivity contribution in [2.24, 2.45) is 10.9 Å². The fraction of sp³-hybridized carbons (Fsp3) is 0.800. The second kappa shape index (κ2) is 4.86. The standard InChI is InChI=1S/C10H15N3OS/c1-15-10(12-6-11)13-8-4-5-14-9(8)7-2-3-7/h7-9H,2-5H2,1H3,(H,12,13). The molecule has 1 saturated heterocycles. The molecule has 2 atom stereocenters. The summed E-state index contributed by atoms with van der Waals surface area (Å²) in [6.45, 7) is 0.809. The number of ether oxygens (including phenoxy) is 1. The van der Waals surface area contributed by atoms with E-state index in [1.165, 1.54) is 24.6 Å². The van der Waals surface area contributed by atoms with Crippen LogP contribution in [0.4, 0.5) is 0 Å². The van der Waals surface area contributed by atoms with Gasteiger partial charge in [-0.3, -0.25) is 10.3 Å². The largest absolute Gasteiger partial charge is 0.376 e. The van der Waals surface area contributed by atoms with E-state index >= 15 is 0 Å². The number of nitrogens with one attached hydrogen (secondary N) is 1. The molecule has 0 amide bonds. The zero-order valence-corrected chi connectivity index (χ0v) is 9.59. The van der Waals surface area contributed by atoms with Crippen LogP contribution in [0.15, 0.2) is 4.99 Å². The Labute approximate surface area is 94.1 Å². The normalized spacial score (nSPS) is 31.3. The summed E-state index contributed by atoms with van der Waals surface area (Å²) in [6.07, 6.45) is 7.66. The van der Waals surface area contributed by atoms with Crippen molar-refractivity contribution in [3.05, 3.63) is 0 Å². The lowest BCUT2D eigenvalue weighted by molar-refractivity contribution is 0.0875. The molecule has 1 aliphatic heterocycles. The van der Waals surface area contributed by atoms with E-state index in [9.17, 15) is 0 Å². The van der Waals surface area contributed by atoms with Gasteiger partial charge in [0.15, 0.2) is 11.4 Å². The maximum absolute atomic E-state index is 8.54. The van der Waals surface area contributed by atoms with E-state index in [1.54, 1.807) is 0 Å². The minimum absolute atomic E-state index is 0.251. The van der Waals surface area contributed by atoms with Crippen LogP contribution in [-0.4, -0.2) is 30.2 Å². The third-order valence-corrected chi connectivity index (χ3v) is 3.42. The molecular weight excluding hydrogens is 210 g/mol. The highest BCUT2D eigenvalue weighted by molar-refractivity contribution is 8.13. The summed E-state index contributed by atoms with van der Waals surface area (Å²) in [6, 6.07) is 0.251. The predicted molar refractivity (Wildman–Crippen MR) is 60.6 cm³/mol. The minimum Gasteiger partial charge on any atom is -0.376 e. The summed E-state index contributed by atoms with van der Waals surface area (Å²) in [7, 11) is 0. The van der Waals surface area contributed by atoms with Gasteiger partial charge in [0, 0.05) is 6.61 Å². The lowest BCUT2D eigenvalue weighted by Gasteiger charge is -2.14. The number of hydrogen-bond donors (Lipinski definition) is 1. The molecule has 0 spiro atoms. The maximum atomic E-state index is 8.54. The number of rotatable bonds is 2. The van der Waals surface area contributed by atoms with Crippen LogP contribution in [0.25, 0.3) is 0 Å². The third-order valence-electron chi connectivity index (χ3n) is 2.83. The number of nitrogens with zero attached hydrogens (tertiary/aromatic N) is 2. The lowest BCUT2D eigenvalue weighted by atomic mass is 10.1. The number of aliphatic imine (C=N–C) groups is 1. The van der Waals surface area contributed by atoms with Crippen LogP contribution < -0.4 is 5.32 Å².